The zero-order chi connectivity index (χ0) is 27.1. The van der Waals surface area contributed by atoms with Crippen LogP contribution in [0.5, 0.6) is 0 Å². The molecule has 1 aliphatic carbocycles. The summed E-state index contributed by atoms with van der Waals surface area (Å²) < 4.78 is 0. The van der Waals surface area contributed by atoms with Crippen LogP contribution in [0.15, 0.2) is 102 Å². The summed E-state index contributed by atoms with van der Waals surface area (Å²) in [4.78, 5) is 32.7. The summed E-state index contributed by atoms with van der Waals surface area (Å²) in [6, 6.07) is 15.0. The molecule has 1 aromatic heterocycles. The van der Waals surface area contributed by atoms with Crippen LogP contribution in [0.1, 0.15) is 31.7 Å². The number of halogens is 1. The van der Waals surface area contributed by atoms with Crippen LogP contribution < -0.4 is 5.32 Å². The highest BCUT2D eigenvalue weighted by atomic mass is 35.5. The normalized spacial score (nSPS) is 16.4. The Kier molecular flexibility index (Phi) is 8.77. The SMILES string of the molecule is C=C(/C=C\C(=C\C(=O)O)c1ccccc1-c1nc2ccccc2[nH]1)C(=O)NC(CCC)C1C=CC=C(Cl)C1. The number of aliphatic carboxylic acids is 1. The first-order valence-corrected chi connectivity index (χ1v) is 12.9. The number of hydrogen-bond donors (Lipinski definition) is 3. The summed E-state index contributed by atoms with van der Waals surface area (Å²) in [6.45, 7) is 6.00. The maximum Gasteiger partial charge on any atom is 0.328 e. The Morgan fingerprint density at radius 3 is 2.71 bits per heavy atom. The van der Waals surface area contributed by atoms with Crippen LogP contribution in [0.3, 0.4) is 0 Å². The third kappa shape index (κ3) is 6.58. The minimum Gasteiger partial charge on any atom is -0.478 e. The number of carboxylic acids is 1. The highest BCUT2D eigenvalue weighted by Gasteiger charge is 2.23. The fourth-order valence-corrected chi connectivity index (χ4v) is 4.79. The smallest absolute Gasteiger partial charge is 0.328 e. The molecule has 1 heterocycles. The maximum absolute atomic E-state index is 13.0. The molecule has 3 N–H and O–H groups in total. The molecule has 0 aliphatic heterocycles. The van der Waals surface area contributed by atoms with Crippen LogP contribution in [-0.4, -0.2) is 33.0 Å². The van der Waals surface area contributed by atoms with Gasteiger partial charge in [0.05, 0.1) is 11.0 Å². The molecule has 2 unspecified atom stereocenters. The molecule has 0 saturated carbocycles. The number of benzene rings is 2. The second-order valence-electron chi connectivity index (χ2n) is 9.18. The largest absolute Gasteiger partial charge is 0.478 e. The molecular weight excluding hydrogens is 498 g/mol. The fraction of sp³-hybridized carbons (Fsp3) is 0.194. The fourth-order valence-electron chi connectivity index (χ4n) is 4.54. The molecule has 1 aliphatic rings. The molecule has 4 rings (SSSR count). The van der Waals surface area contributed by atoms with Crippen LogP contribution in [0.4, 0.5) is 0 Å². The third-order valence-electron chi connectivity index (χ3n) is 6.42. The number of imidazole rings is 1. The summed E-state index contributed by atoms with van der Waals surface area (Å²) in [5.41, 5.74) is 3.74. The van der Waals surface area contributed by atoms with Crippen molar-refractivity contribution in [3.05, 3.63) is 108 Å². The number of carboxylic acid groups (broad SMARTS) is 1. The zero-order valence-electron chi connectivity index (χ0n) is 21.2. The quantitative estimate of drug-likeness (QED) is 0.200. The first-order chi connectivity index (χ1) is 18.4. The number of nitrogens with zero attached hydrogens (tertiary/aromatic N) is 1. The topological polar surface area (TPSA) is 95.1 Å². The predicted molar refractivity (Wildman–Crippen MR) is 153 cm³/mol. The molecule has 0 radical (unpaired) electrons. The van der Waals surface area contributed by atoms with Crippen molar-refractivity contribution in [3.8, 4) is 11.4 Å². The lowest BCUT2D eigenvalue weighted by molar-refractivity contribution is -0.131. The van der Waals surface area contributed by atoms with E-state index in [0.29, 0.717) is 23.4 Å². The van der Waals surface area contributed by atoms with Gasteiger partial charge >= 0.3 is 5.97 Å². The van der Waals surface area contributed by atoms with Crippen molar-refractivity contribution in [3.63, 3.8) is 0 Å². The van der Waals surface area contributed by atoms with Crippen molar-refractivity contribution in [2.24, 2.45) is 5.92 Å². The number of rotatable bonds is 10. The van der Waals surface area contributed by atoms with Crippen LogP contribution in [0.2, 0.25) is 0 Å². The average Bonchev–Trinajstić information content (AvgIpc) is 3.34. The number of hydrogen-bond acceptors (Lipinski definition) is 3. The highest BCUT2D eigenvalue weighted by molar-refractivity contribution is 6.29. The number of carbonyl (C=O) groups is 2. The Morgan fingerprint density at radius 2 is 1.97 bits per heavy atom. The van der Waals surface area contributed by atoms with Crippen molar-refractivity contribution in [2.75, 3.05) is 0 Å². The van der Waals surface area contributed by atoms with Gasteiger partial charge in [-0.05, 0) is 48.3 Å². The van der Waals surface area contributed by atoms with Gasteiger partial charge in [0.2, 0.25) is 0 Å². The highest BCUT2D eigenvalue weighted by Crippen LogP contribution is 2.30. The summed E-state index contributed by atoms with van der Waals surface area (Å²) in [6.07, 6.45) is 12.5. The van der Waals surface area contributed by atoms with E-state index in [1.54, 1.807) is 12.2 Å². The van der Waals surface area contributed by atoms with Crippen molar-refractivity contribution in [1.29, 1.82) is 0 Å². The van der Waals surface area contributed by atoms with Gasteiger partial charge in [-0.15, -0.1) is 0 Å². The van der Waals surface area contributed by atoms with E-state index in [0.717, 1.165) is 40.5 Å². The molecule has 0 spiro atoms. The number of amides is 1. The van der Waals surface area contributed by atoms with Gasteiger partial charge in [-0.2, -0.15) is 0 Å². The second kappa shape index (κ2) is 12.4. The van der Waals surface area contributed by atoms with Gasteiger partial charge in [0.15, 0.2) is 0 Å². The molecule has 38 heavy (non-hydrogen) atoms. The number of fused-ring (bicyclic) bond motifs is 1. The molecule has 2 atom stereocenters. The number of carbonyl (C=O) groups excluding carboxylic acids is 1. The van der Waals surface area contributed by atoms with Gasteiger partial charge in [0.1, 0.15) is 5.82 Å². The Morgan fingerprint density at radius 1 is 1.21 bits per heavy atom. The van der Waals surface area contributed by atoms with E-state index >= 15 is 0 Å². The van der Waals surface area contributed by atoms with Gasteiger partial charge in [0, 0.05) is 34.2 Å². The maximum atomic E-state index is 13.0. The molecule has 0 fully saturated rings. The van der Waals surface area contributed by atoms with Crippen molar-refractivity contribution in [2.45, 2.75) is 32.2 Å². The van der Waals surface area contributed by atoms with Gasteiger partial charge < -0.3 is 15.4 Å². The lowest BCUT2D eigenvalue weighted by atomic mass is 9.89. The Hall–Kier alpha value is -4.16. The lowest BCUT2D eigenvalue weighted by Gasteiger charge is -2.27. The van der Waals surface area contributed by atoms with E-state index in [1.165, 1.54) is 0 Å². The minimum atomic E-state index is -1.10. The summed E-state index contributed by atoms with van der Waals surface area (Å²) in [5, 5.41) is 13.4. The molecule has 0 saturated heterocycles. The van der Waals surface area contributed by atoms with Gasteiger partial charge in [-0.25, -0.2) is 9.78 Å². The Bertz CT molecular complexity index is 1450. The van der Waals surface area contributed by atoms with Gasteiger partial charge in [0.25, 0.3) is 5.91 Å². The second-order valence-corrected chi connectivity index (χ2v) is 9.67. The van der Waals surface area contributed by atoms with Crippen molar-refractivity contribution in [1.82, 2.24) is 15.3 Å². The van der Waals surface area contributed by atoms with Crippen LogP contribution in [0, 0.1) is 5.92 Å². The number of allylic oxidation sites excluding steroid dienone is 5. The molecule has 194 valence electrons. The zero-order valence-corrected chi connectivity index (χ0v) is 21.9. The van der Waals surface area contributed by atoms with Crippen LogP contribution in [-0.2, 0) is 9.59 Å². The van der Waals surface area contributed by atoms with Crippen molar-refractivity contribution >= 4 is 40.1 Å². The first-order valence-electron chi connectivity index (χ1n) is 12.6. The number of para-hydroxylation sites is 2. The van der Waals surface area contributed by atoms with E-state index in [2.05, 4.69) is 34.9 Å². The molecule has 0 bridgehead atoms. The van der Waals surface area contributed by atoms with E-state index in [-0.39, 0.29) is 23.4 Å². The molecule has 3 aromatic rings. The van der Waals surface area contributed by atoms with E-state index in [4.69, 9.17) is 11.6 Å². The molecule has 2 aromatic carbocycles. The summed E-state index contributed by atoms with van der Waals surface area (Å²) >= 11 is 6.23. The summed E-state index contributed by atoms with van der Waals surface area (Å²) in [5.74, 6) is -0.680. The van der Waals surface area contributed by atoms with E-state index in [9.17, 15) is 14.7 Å². The molecule has 6 nitrogen and oxygen atoms in total. The molecule has 1 amide bonds. The van der Waals surface area contributed by atoms with Crippen molar-refractivity contribution < 1.29 is 14.7 Å². The lowest BCUT2D eigenvalue weighted by Crippen LogP contribution is -2.40. The summed E-state index contributed by atoms with van der Waals surface area (Å²) in [7, 11) is 0. The molecular formula is C31H30ClN3O3. The Labute approximate surface area is 227 Å². The Balaban J connectivity index is 1.57. The number of H-pyrrole nitrogens is 1. The van der Waals surface area contributed by atoms with Gasteiger partial charge in [-0.1, -0.05) is 86.2 Å². The standard InChI is InChI=1S/C31H30ClN3O3/c1-3-9-26(22-10-8-11-23(32)18-22)35-31(38)20(2)16-17-21(19-29(36)37)24-12-4-5-13-25(24)30-33-27-14-6-7-15-28(27)34-30/h4-8,10-17,19,22,26H,2-3,9,18H2,1H3,(H,33,34)(H,35,38)(H,36,37)/b17-16-,21-19-. The first kappa shape index (κ1) is 26.9. The minimum absolute atomic E-state index is 0.0841. The third-order valence-corrected chi connectivity index (χ3v) is 6.70. The van der Waals surface area contributed by atoms with Gasteiger partial charge in [-0.3, -0.25) is 4.79 Å². The van der Waals surface area contributed by atoms with Crippen LogP contribution in [0.25, 0.3) is 28.0 Å². The molecule has 7 heteroatoms. The number of nitrogens with one attached hydrogen (secondary N) is 2. The van der Waals surface area contributed by atoms with Crippen LogP contribution >= 0.6 is 11.6 Å². The number of aromatic amines is 1. The number of aromatic nitrogens is 2. The van der Waals surface area contributed by atoms with E-state index < -0.39 is 5.97 Å². The predicted octanol–water partition coefficient (Wildman–Crippen LogP) is 6.79. The average molecular weight is 528 g/mol. The monoisotopic (exact) mass is 527 g/mol. The van der Waals surface area contributed by atoms with E-state index in [1.807, 2.05) is 60.7 Å².